The highest BCUT2D eigenvalue weighted by Gasteiger charge is 2.08. The van der Waals surface area contributed by atoms with Crippen LogP contribution in [0.5, 0.6) is 0 Å². The van der Waals surface area contributed by atoms with E-state index in [-0.39, 0.29) is 0 Å². The lowest BCUT2D eigenvalue weighted by Crippen LogP contribution is -1.97. The third-order valence-electron chi connectivity index (χ3n) is 4.48. The summed E-state index contributed by atoms with van der Waals surface area (Å²) in [6, 6.07) is 17.2. The van der Waals surface area contributed by atoms with Crippen LogP contribution in [0, 0.1) is 0 Å². The second-order valence-corrected chi connectivity index (χ2v) is 6.38. The summed E-state index contributed by atoms with van der Waals surface area (Å²) in [7, 11) is 0. The maximum absolute atomic E-state index is 5.77. The summed E-state index contributed by atoms with van der Waals surface area (Å²) in [5.41, 5.74) is 5.59. The monoisotopic (exact) mass is 318 g/mol. The molecule has 24 heavy (non-hydrogen) atoms. The normalized spacial score (nSPS) is 14.8. The van der Waals surface area contributed by atoms with Crippen LogP contribution >= 0.6 is 0 Å². The van der Waals surface area contributed by atoms with E-state index in [0.717, 1.165) is 0 Å². The van der Waals surface area contributed by atoms with Crippen LogP contribution in [0.4, 0.5) is 0 Å². The lowest BCUT2D eigenvalue weighted by Gasteiger charge is -2.08. The standard InChI is InChI=1S/C23H26O/c1-4-10-20(11-5-1)12-6-3-9-17-24-19-21-15-16-22-13-7-2-8-14-23(22)18-21/h1,3-6,9-12,15-16,18H,2,7-8,13-14,17,19H2/b9-3+,12-6+. The predicted octanol–water partition coefficient (Wildman–Crippen LogP) is 5.74. The second-order valence-electron chi connectivity index (χ2n) is 6.38. The SMILES string of the molecule is C(/C=C/c1ccccc1)=C\COCc1ccc2c(c1)CCCCC2. The molecule has 1 heteroatoms. The summed E-state index contributed by atoms with van der Waals surface area (Å²) in [5, 5.41) is 0. The number of fused-ring (bicyclic) bond motifs is 1. The van der Waals surface area contributed by atoms with Gasteiger partial charge in [-0.15, -0.1) is 0 Å². The van der Waals surface area contributed by atoms with E-state index in [2.05, 4.69) is 48.6 Å². The first-order valence-corrected chi connectivity index (χ1v) is 8.98. The van der Waals surface area contributed by atoms with Crippen molar-refractivity contribution in [2.45, 2.75) is 38.7 Å². The van der Waals surface area contributed by atoms with Crippen LogP contribution in [0.3, 0.4) is 0 Å². The molecule has 0 amide bonds. The minimum atomic E-state index is 0.649. The van der Waals surface area contributed by atoms with E-state index in [1.54, 1.807) is 5.56 Å². The van der Waals surface area contributed by atoms with Gasteiger partial charge >= 0.3 is 0 Å². The topological polar surface area (TPSA) is 9.23 Å². The van der Waals surface area contributed by atoms with Crippen molar-refractivity contribution in [3.05, 3.63) is 89.0 Å². The molecule has 0 bridgehead atoms. The molecule has 0 radical (unpaired) electrons. The molecule has 0 N–H and O–H groups in total. The van der Waals surface area contributed by atoms with Crippen LogP contribution < -0.4 is 0 Å². The molecule has 0 fully saturated rings. The molecule has 3 rings (SSSR count). The molecule has 0 spiro atoms. The Labute approximate surface area is 145 Å². The van der Waals surface area contributed by atoms with E-state index in [4.69, 9.17) is 4.74 Å². The largest absolute Gasteiger partial charge is 0.373 e. The minimum Gasteiger partial charge on any atom is -0.373 e. The summed E-state index contributed by atoms with van der Waals surface area (Å²) in [6.45, 7) is 1.34. The molecule has 1 nitrogen and oxygen atoms in total. The van der Waals surface area contributed by atoms with Gasteiger partial charge in [0.15, 0.2) is 0 Å². The molecule has 2 aromatic carbocycles. The maximum Gasteiger partial charge on any atom is 0.0721 e. The summed E-state index contributed by atoms with van der Waals surface area (Å²) >= 11 is 0. The third kappa shape index (κ3) is 5.21. The zero-order chi connectivity index (χ0) is 16.5. The van der Waals surface area contributed by atoms with Crippen molar-refractivity contribution >= 4 is 6.08 Å². The number of hydrogen-bond acceptors (Lipinski definition) is 1. The Morgan fingerprint density at radius 1 is 0.833 bits per heavy atom. The van der Waals surface area contributed by atoms with E-state index < -0.39 is 0 Å². The van der Waals surface area contributed by atoms with Crippen molar-refractivity contribution in [2.24, 2.45) is 0 Å². The van der Waals surface area contributed by atoms with Gasteiger partial charge in [-0.1, -0.05) is 79.3 Å². The Balaban J connectivity index is 1.42. The number of allylic oxidation sites excluding steroid dienone is 2. The Hall–Kier alpha value is -2.12. The molecular weight excluding hydrogens is 292 g/mol. The molecule has 0 saturated carbocycles. The minimum absolute atomic E-state index is 0.649. The van der Waals surface area contributed by atoms with Crippen molar-refractivity contribution in [3.8, 4) is 0 Å². The number of rotatable bonds is 6. The van der Waals surface area contributed by atoms with Gasteiger partial charge in [0.05, 0.1) is 13.2 Å². The fourth-order valence-electron chi connectivity index (χ4n) is 3.16. The van der Waals surface area contributed by atoms with Crippen LogP contribution in [0.1, 0.15) is 41.5 Å². The van der Waals surface area contributed by atoms with Gasteiger partial charge in [-0.3, -0.25) is 0 Å². The Bertz CT molecular complexity index is 682. The van der Waals surface area contributed by atoms with Crippen molar-refractivity contribution in [2.75, 3.05) is 6.61 Å². The Morgan fingerprint density at radius 2 is 1.67 bits per heavy atom. The van der Waals surface area contributed by atoms with Gasteiger partial charge in [-0.2, -0.15) is 0 Å². The Morgan fingerprint density at radius 3 is 2.54 bits per heavy atom. The van der Waals surface area contributed by atoms with Gasteiger partial charge in [0.2, 0.25) is 0 Å². The quantitative estimate of drug-likeness (QED) is 0.375. The molecule has 0 saturated heterocycles. The van der Waals surface area contributed by atoms with Crippen molar-refractivity contribution in [3.63, 3.8) is 0 Å². The molecule has 2 aromatic rings. The van der Waals surface area contributed by atoms with E-state index in [9.17, 15) is 0 Å². The van der Waals surface area contributed by atoms with E-state index >= 15 is 0 Å². The first kappa shape index (κ1) is 16.7. The molecule has 0 unspecified atom stereocenters. The molecule has 0 heterocycles. The maximum atomic E-state index is 5.77. The van der Waals surface area contributed by atoms with Crippen molar-refractivity contribution in [1.29, 1.82) is 0 Å². The molecular formula is C23H26O. The van der Waals surface area contributed by atoms with Gasteiger partial charge in [-0.05, 0) is 47.9 Å². The summed E-state index contributed by atoms with van der Waals surface area (Å²) in [4.78, 5) is 0. The molecule has 1 aliphatic carbocycles. The second kappa shape index (κ2) is 9.24. The van der Waals surface area contributed by atoms with Crippen molar-refractivity contribution < 1.29 is 4.74 Å². The van der Waals surface area contributed by atoms with Crippen LogP contribution in [-0.2, 0) is 24.2 Å². The van der Waals surface area contributed by atoms with E-state index in [0.29, 0.717) is 13.2 Å². The number of aryl methyl sites for hydroxylation is 2. The number of benzene rings is 2. The number of ether oxygens (including phenoxy) is 1. The average molecular weight is 318 g/mol. The summed E-state index contributed by atoms with van der Waals surface area (Å²) in [5.74, 6) is 0. The van der Waals surface area contributed by atoms with Gasteiger partial charge < -0.3 is 4.74 Å². The smallest absolute Gasteiger partial charge is 0.0721 e. The van der Waals surface area contributed by atoms with E-state index in [1.165, 1.54) is 48.8 Å². The van der Waals surface area contributed by atoms with Gasteiger partial charge in [0.1, 0.15) is 0 Å². The highest BCUT2D eigenvalue weighted by molar-refractivity contribution is 5.50. The molecule has 124 valence electrons. The first-order valence-electron chi connectivity index (χ1n) is 8.98. The van der Waals surface area contributed by atoms with E-state index in [1.807, 2.05) is 24.3 Å². The predicted molar refractivity (Wildman–Crippen MR) is 102 cm³/mol. The van der Waals surface area contributed by atoms with Gasteiger partial charge in [0, 0.05) is 0 Å². The lowest BCUT2D eigenvalue weighted by atomic mass is 10.0. The summed E-state index contributed by atoms with van der Waals surface area (Å²) in [6.07, 6.45) is 14.8. The zero-order valence-corrected chi connectivity index (χ0v) is 14.3. The average Bonchev–Trinajstić information content (AvgIpc) is 2.87. The highest BCUT2D eigenvalue weighted by atomic mass is 16.5. The molecule has 0 aromatic heterocycles. The lowest BCUT2D eigenvalue weighted by molar-refractivity contribution is 0.148. The van der Waals surface area contributed by atoms with Crippen LogP contribution in [0.2, 0.25) is 0 Å². The van der Waals surface area contributed by atoms with Crippen LogP contribution in [-0.4, -0.2) is 6.61 Å². The fourth-order valence-corrected chi connectivity index (χ4v) is 3.16. The van der Waals surface area contributed by atoms with Crippen LogP contribution in [0.25, 0.3) is 6.08 Å². The highest BCUT2D eigenvalue weighted by Crippen LogP contribution is 2.22. The zero-order valence-electron chi connectivity index (χ0n) is 14.3. The molecule has 0 aliphatic heterocycles. The van der Waals surface area contributed by atoms with Crippen LogP contribution in [0.15, 0.2) is 66.8 Å². The third-order valence-corrected chi connectivity index (χ3v) is 4.48. The molecule has 1 aliphatic rings. The fraction of sp³-hybridized carbons (Fsp3) is 0.304. The number of hydrogen-bond donors (Lipinski definition) is 0. The Kier molecular flexibility index (Phi) is 6.44. The van der Waals surface area contributed by atoms with Gasteiger partial charge in [0.25, 0.3) is 0 Å². The van der Waals surface area contributed by atoms with Crippen molar-refractivity contribution in [1.82, 2.24) is 0 Å². The first-order chi connectivity index (χ1) is 11.9. The summed E-state index contributed by atoms with van der Waals surface area (Å²) < 4.78 is 5.77. The molecule has 0 atom stereocenters. The van der Waals surface area contributed by atoms with Gasteiger partial charge in [-0.25, -0.2) is 0 Å².